The van der Waals surface area contributed by atoms with E-state index in [0.29, 0.717) is 12.1 Å². The molecule has 1 aromatic carbocycles. The molecule has 5 nitrogen and oxygen atoms in total. The summed E-state index contributed by atoms with van der Waals surface area (Å²) in [5, 5.41) is 8.59. The van der Waals surface area contributed by atoms with Gasteiger partial charge in [0.15, 0.2) is 0 Å². The predicted octanol–water partition coefficient (Wildman–Crippen LogP) is 1.71. The minimum absolute atomic E-state index is 0.00499. The highest BCUT2D eigenvalue weighted by Crippen LogP contribution is 2.18. The average Bonchev–Trinajstić information content (AvgIpc) is 2.35. The van der Waals surface area contributed by atoms with E-state index in [0.717, 1.165) is 0 Å². The molecule has 0 aliphatic heterocycles. The van der Waals surface area contributed by atoms with Crippen molar-refractivity contribution in [2.45, 2.75) is 19.8 Å². The van der Waals surface area contributed by atoms with Crippen LogP contribution in [-0.4, -0.2) is 31.8 Å². The Balaban J connectivity index is 2.87. The van der Waals surface area contributed by atoms with E-state index >= 15 is 0 Å². The van der Waals surface area contributed by atoms with E-state index in [-0.39, 0.29) is 18.7 Å². The molecule has 0 spiro atoms. The quantitative estimate of drug-likeness (QED) is 0.819. The van der Waals surface area contributed by atoms with Crippen LogP contribution in [0.1, 0.15) is 19.8 Å². The Hall–Kier alpha value is -1.56. The molecule has 6 heteroatoms. The van der Waals surface area contributed by atoms with Gasteiger partial charge in [0.05, 0.1) is 11.4 Å². The van der Waals surface area contributed by atoms with Crippen LogP contribution >= 0.6 is 0 Å². The molecule has 0 unspecified atom stereocenters. The SMILES string of the molecule is CCS(=O)(=O)N(CCCC(=O)O)c1ccccc1. The lowest BCUT2D eigenvalue weighted by Crippen LogP contribution is -2.33. The number of hydrogen-bond acceptors (Lipinski definition) is 3. The smallest absolute Gasteiger partial charge is 0.303 e. The number of para-hydroxylation sites is 1. The summed E-state index contributed by atoms with van der Waals surface area (Å²) in [6, 6.07) is 8.72. The van der Waals surface area contributed by atoms with Crippen molar-refractivity contribution in [3.63, 3.8) is 0 Å². The van der Waals surface area contributed by atoms with Crippen LogP contribution in [-0.2, 0) is 14.8 Å². The summed E-state index contributed by atoms with van der Waals surface area (Å²) in [5.74, 6) is -0.925. The second-order valence-electron chi connectivity index (χ2n) is 3.81. The predicted molar refractivity (Wildman–Crippen MR) is 70.1 cm³/mol. The van der Waals surface area contributed by atoms with Gasteiger partial charge in [-0.25, -0.2) is 8.42 Å². The van der Waals surface area contributed by atoms with Gasteiger partial charge in [-0.15, -0.1) is 0 Å². The van der Waals surface area contributed by atoms with Gasteiger partial charge in [0.25, 0.3) is 0 Å². The van der Waals surface area contributed by atoms with E-state index < -0.39 is 16.0 Å². The third-order valence-electron chi connectivity index (χ3n) is 2.50. The molecule has 0 aliphatic rings. The first-order valence-corrected chi connectivity index (χ1v) is 7.35. The molecule has 0 radical (unpaired) electrons. The maximum atomic E-state index is 12.0. The molecule has 1 N–H and O–H groups in total. The molecule has 0 amide bonds. The Morgan fingerprint density at radius 1 is 1.28 bits per heavy atom. The van der Waals surface area contributed by atoms with Crippen molar-refractivity contribution in [2.75, 3.05) is 16.6 Å². The third kappa shape index (κ3) is 4.03. The molecule has 0 saturated heterocycles. The number of carboxylic acid groups (broad SMARTS) is 1. The maximum absolute atomic E-state index is 12.0. The van der Waals surface area contributed by atoms with Crippen molar-refractivity contribution in [1.82, 2.24) is 0 Å². The van der Waals surface area contributed by atoms with Crippen molar-refractivity contribution >= 4 is 21.7 Å². The molecule has 0 bridgehead atoms. The van der Waals surface area contributed by atoms with Gasteiger partial charge in [0.2, 0.25) is 10.0 Å². The molecule has 1 rings (SSSR count). The summed E-state index contributed by atoms with van der Waals surface area (Å²) >= 11 is 0. The number of hydrogen-bond donors (Lipinski definition) is 1. The molecule has 0 saturated carbocycles. The van der Waals surface area contributed by atoms with Gasteiger partial charge < -0.3 is 5.11 Å². The van der Waals surface area contributed by atoms with Crippen LogP contribution in [0, 0.1) is 0 Å². The lowest BCUT2D eigenvalue weighted by molar-refractivity contribution is -0.137. The van der Waals surface area contributed by atoms with Crippen LogP contribution in [0.4, 0.5) is 5.69 Å². The minimum Gasteiger partial charge on any atom is -0.481 e. The largest absolute Gasteiger partial charge is 0.481 e. The highest BCUT2D eigenvalue weighted by Gasteiger charge is 2.20. The maximum Gasteiger partial charge on any atom is 0.303 e. The molecular formula is C12H17NO4S. The van der Waals surface area contributed by atoms with Crippen LogP contribution in [0.25, 0.3) is 0 Å². The normalized spacial score (nSPS) is 11.2. The number of nitrogens with zero attached hydrogens (tertiary/aromatic N) is 1. The monoisotopic (exact) mass is 271 g/mol. The van der Waals surface area contributed by atoms with Gasteiger partial charge >= 0.3 is 5.97 Å². The first-order chi connectivity index (χ1) is 8.47. The van der Waals surface area contributed by atoms with Crippen LogP contribution in [0.2, 0.25) is 0 Å². The van der Waals surface area contributed by atoms with Crippen LogP contribution in [0.5, 0.6) is 0 Å². The van der Waals surface area contributed by atoms with Crippen molar-refractivity contribution in [3.8, 4) is 0 Å². The van der Waals surface area contributed by atoms with E-state index in [1.165, 1.54) is 4.31 Å². The lowest BCUT2D eigenvalue weighted by Gasteiger charge is -2.23. The Labute approximate surface area is 107 Å². The third-order valence-corrected chi connectivity index (χ3v) is 4.29. The molecule has 0 aliphatic carbocycles. The second kappa shape index (κ2) is 6.39. The van der Waals surface area contributed by atoms with Crippen LogP contribution in [0.15, 0.2) is 30.3 Å². The van der Waals surface area contributed by atoms with E-state index in [1.807, 2.05) is 0 Å². The molecule has 0 atom stereocenters. The van der Waals surface area contributed by atoms with E-state index in [1.54, 1.807) is 37.3 Å². The van der Waals surface area contributed by atoms with Crippen LogP contribution in [0.3, 0.4) is 0 Å². The zero-order valence-corrected chi connectivity index (χ0v) is 11.1. The summed E-state index contributed by atoms with van der Waals surface area (Å²) < 4.78 is 25.2. The van der Waals surface area contributed by atoms with Crippen molar-refractivity contribution in [1.29, 1.82) is 0 Å². The number of sulfonamides is 1. The van der Waals surface area contributed by atoms with E-state index in [9.17, 15) is 13.2 Å². The standard InChI is InChI=1S/C12H17NO4S/c1-2-18(16,17)13(10-6-9-12(14)15)11-7-4-3-5-8-11/h3-5,7-8H,2,6,9-10H2,1H3,(H,14,15). The van der Waals surface area contributed by atoms with Crippen molar-refractivity contribution in [3.05, 3.63) is 30.3 Å². The van der Waals surface area contributed by atoms with Crippen molar-refractivity contribution in [2.24, 2.45) is 0 Å². The molecule has 100 valence electrons. The van der Waals surface area contributed by atoms with Gasteiger partial charge in [0.1, 0.15) is 0 Å². The highest BCUT2D eigenvalue weighted by atomic mass is 32.2. The number of rotatable bonds is 7. The molecular weight excluding hydrogens is 254 g/mol. The number of anilines is 1. The van der Waals surface area contributed by atoms with Gasteiger partial charge in [-0.3, -0.25) is 9.10 Å². The summed E-state index contributed by atoms with van der Waals surface area (Å²) in [7, 11) is -3.37. The summed E-state index contributed by atoms with van der Waals surface area (Å²) in [4.78, 5) is 10.5. The average molecular weight is 271 g/mol. The Morgan fingerprint density at radius 3 is 2.39 bits per heavy atom. The Morgan fingerprint density at radius 2 is 1.89 bits per heavy atom. The zero-order chi connectivity index (χ0) is 13.6. The first-order valence-electron chi connectivity index (χ1n) is 5.74. The van der Waals surface area contributed by atoms with Gasteiger partial charge in [-0.05, 0) is 25.5 Å². The van der Waals surface area contributed by atoms with Gasteiger partial charge in [0, 0.05) is 13.0 Å². The van der Waals surface area contributed by atoms with E-state index in [2.05, 4.69) is 0 Å². The minimum atomic E-state index is -3.37. The molecule has 0 heterocycles. The number of carbonyl (C=O) groups is 1. The van der Waals surface area contributed by atoms with Gasteiger partial charge in [-0.1, -0.05) is 18.2 Å². The topological polar surface area (TPSA) is 74.7 Å². The summed E-state index contributed by atoms with van der Waals surface area (Å²) in [6.45, 7) is 1.76. The highest BCUT2D eigenvalue weighted by molar-refractivity contribution is 7.92. The fraction of sp³-hybridized carbons (Fsp3) is 0.417. The number of carboxylic acids is 1. The molecule has 0 aromatic heterocycles. The fourth-order valence-corrected chi connectivity index (χ4v) is 2.71. The van der Waals surface area contributed by atoms with Crippen molar-refractivity contribution < 1.29 is 18.3 Å². The Kier molecular flexibility index (Phi) is 5.15. The molecule has 18 heavy (non-hydrogen) atoms. The second-order valence-corrected chi connectivity index (χ2v) is 5.99. The fourth-order valence-electron chi connectivity index (χ4n) is 1.55. The molecule has 0 fully saturated rings. The summed E-state index contributed by atoms with van der Waals surface area (Å²) in [6.07, 6.45) is 0.256. The Bertz CT molecular complexity index is 484. The molecule has 1 aromatic rings. The summed E-state index contributed by atoms with van der Waals surface area (Å²) in [5.41, 5.74) is 0.574. The first kappa shape index (κ1) is 14.5. The van der Waals surface area contributed by atoms with Gasteiger partial charge in [-0.2, -0.15) is 0 Å². The number of benzene rings is 1. The van der Waals surface area contributed by atoms with E-state index in [4.69, 9.17) is 5.11 Å². The zero-order valence-electron chi connectivity index (χ0n) is 10.2. The van der Waals surface area contributed by atoms with Crippen LogP contribution < -0.4 is 4.31 Å². The number of aliphatic carboxylic acids is 1. The lowest BCUT2D eigenvalue weighted by atomic mass is 10.3.